The highest BCUT2D eigenvalue weighted by Crippen LogP contribution is 2.20. The molecule has 0 atom stereocenters. The quantitative estimate of drug-likeness (QED) is 0.908. The molecule has 0 radical (unpaired) electrons. The van der Waals surface area contributed by atoms with Crippen LogP contribution < -0.4 is 5.32 Å². The minimum Gasteiger partial charge on any atom is -0.508 e. The van der Waals surface area contributed by atoms with Crippen molar-refractivity contribution in [2.24, 2.45) is 0 Å². The van der Waals surface area contributed by atoms with Gasteiger partial charge in [-0.15, -0.1) is 0 Å². The molecule has 0 saturated heterocycles. The topological polar surface area (TPSA) is 49.3 Å². The van der Waals surface area contributed by atoms with Gasteiger partial charge in [-0.05, 0) is 35.9 Å². The van der Waals surface area contributed by atoms with Gasteiger partial charge in [0.25, 0.3) is 5.91 Å². The standard InChI is InChI=1S/C14H11Cl2NO2/c15-10-4-5-13(16)12(7-10)14(19)17-8-9-2-1-3-11(18)6-9/h1-7,18H,8H2,(H,17,19). The van der Waals surface area contributed by atoms with Crippen LogP contribution in [0.25, 0.3) is 0 Å². The molecule has 2 N–H and O–H groups in total. The highest BCUT2D eigenvalue weighted by molar-refractivity contribution is 6.35. The summed E-state index contributed by atoms with van der Waals surface area (Å²) in [6, 6.07) is 11.4. The van der Waals surface area contributed by atoms with Gasteiger partial charge in [0.15, 0.2) is 0 Å². The number of rotatable bonds is 3. The number of hydrogen-bond donors (Lipinski definition) is 2. The molecule has 2 aromatic rings. The number of aromatic hydroxyl groups is 1. The number of benzene rings is 2. The first-order valence-electron chi connectivity index (χ1n) is 5.57. The number of halogens is 2. The van der Waals surface area contributed by atoms with Gasteiger partial charge in [0, 0.05) is 11.6 Å². The van der Waals surface area contributed by atoms with E-state index in [0.717, 1.165) is 5.56 Å². The van der Waals surface area contributed by atoms with Gasteiger partial charge < -0.3 is 10.4 Å². The molecule has 0 heterocycles. The summed E-state index contributed by atoms with van der Waals surface area (Å²) in [6.07, 6.45) is 0. The van der Waals surface area contributed by atoms with Crippen LogP contribution in [-0.2, 0) is 6.54 Å². The highest BCUT2D eigenvalue weighted by Gasteiger charge is 2.10. The predicted octanol–water partition coefficient (Wildman–Crippen LogP) is 3.63. The van der Waals surface area contributed by atoms with Gasteiger partial charge in [-0.2, -0.15) is 0 Å². The van der Waals surface area contributed by atoms with Gasteiger partial charge in [0.2, 0.25) is 0 Å². The van der Waals surface area contributed by atoms with Crippen molar-refractivity contribution in [3.8, 4) is 5.75 Å². The zero-order valence-corrected chi connectivity index (χ0v) is 11.4. The Kier molecular flexibility index (Phi) is 4.30. The minimum atomic E-state index is -0.309. The Morgan fingerprint density at radius 1 is 1.16 bits per heavy atom. The highest BCUT2D eigenvalue weighted by atomic mass is 35.5. The maximum Gasteiger partial charge on any atom is 0.253 e. The third kappa shape index (κ3) is 3.63. The van der Waals surface area contributed by atoms with Gasteiger partial charge in [-0.1, -0.05) is 35.3 Å². The number of phenolic OH excluding ortho intramolecular Hbond substituents is 1. The fraction of sp³-hybridized carbons (Fsp3) is 0.0714. The van der Waals surface area contributed by atoms with Crippen molar-refractivity contribution in [3.63, 3.8) is 0 Å². The molecule has 0 spiro atoms. The molecule has 3 nitrogen and oxygen atoms in total. The molecule has 0 aliphatic heterocycles. The lowest BCUT2D eigenvalue weighted by molar-refractivity contribution is 0.0951. The Labute approximate surface area is 120 Å². The average Bonchev–Trinajstić information content (AvgIpc) is 2.39. The van der Waals surface area contributed by atoms with Gasteiger partial charge in [-0.25, -0.2) is 0 Å². The van der Waals surface area contributed by atoms with E-state index >= 15 is 0 Å². The number of phenols is 1. The van der Waals surface area contributed by atoms with Gasteiger partial charge >= 0.3 is 0 Å². The van der Waals surface area contributed by atoms with Crippen molar-refractivity contribution in [2.75, 3.05) is 0 Å². The third-order valence-electron chi connectivity index (χ3n) is 2.54. The largest absolute Gasteiger partial charge is 0.508 e. The Bertz CT molecular complexity index is 614. The molecule has 19 heavy (non-hydrogen) atoms. The van der Waals surface area contributed by atoms with E-state index in [1.165, 1.54) is 6.07 Å². The third-order valence-corrected chi connectivity index (χ3v) is 3.10. The van der Waals surface area contributed by atoms with Crippen molar-refractivity contribution in [3.05, 3.63) is 63.6 Å². The minimum absolute atomic E-state index is 0.160. The van der Waals surface area contributed by atoms with Crippen molar-refractivity contribution < 1.29 is 9.90 Å². The molecule has 98 valence electrons. The van der Waals surface area contributed by atoms with Crippen LogP contribution in [0.1, 0.15) is 15.9 Å². The molecule has 2 aromatic carbocycles. The van der Waals surface area contributed by atoms with E-state index in [1.54, 1.807) is 36.4 Å². The second-order valence-electron chi connectivity index (χ2n) is 3.98. The first kappa shape index (κ1) is 13.7. The lowest BCUT2D eigenvalue weighted by Crippen LogP contribution is -2.23. The van der Waals surface area contributed by atoms with Crippen molar-refractivity contribution in [1.29, 1.82) is 0 Å². The van der Waals surface area contributed by atoms with E-state index < -0.39 is 0 Å². The molecule has 0 aliphatic carbocycles. The smallest absolute Gasteiger partial charge is 0.253 e. The molecule has 0 aliphatic rings. The SMILES string of the molecule is O=C(NCc1cccc(O)c1)c1cc(Cl)ccc1Cl. The molecule has 2 rings (SSSR count). The summed E-state index contributed by atoms with van der Waals surface area (Å²) in [5.74, 6) is -0.150. The van der Waals surface area contributed by atoms with Crippen LogP contribution in [0.3, 0.4) is 0 Å². The molecular weight excluding hydrogens is 285 g/mol. The zero-order valence-electron chi connectivity index (χ0n) is 9.86. The summed E-state index contributed by atoms with van der Waals surface area (Å²) in [4.78, 5) is 12.0. The summed E-state index contributed by atoms with van der Waals surface area (Å²) in [7, 11) is 0. The van der Waals surface area contributed by atoms with Crippen LogP contribution in [0.2, 0.25) is 10.0 Å². The maximum atomic E-state index is 12.0. The Balaban J connectivity index is 2.07. The Hall–Kier alpha value is -1.71. The van der Waals surface area contributed by atoms with Crippen molar-refractivity contribution >= 4 is 29.1 Å². The Morgan fingerprint density at radius 3 is 2.68 bits per heavy atom. The second-order valence-corrected chi connectivity index (χ2v) is 4.82. The van der Waals surface area contributed by atoms with Crippen LogP contribution in [-0.4, -0.2) is 11.0 Å². The molecule has 5 heteroatoms. The summed E-state index contributed by atoms with van der Waals surface area (Å²) < 4.78 is 0. The summed E-state index contributed by atoms with van der Waals surface area (Å²) in [5.41, 5.74) is 1.13. The Morgan fingerprint density at radius 2 is 1.95 bits per heavy atom. The van der Waals surface area contributed by atoms with E-state index in [0.29, 0.717) is 22.2 Å². The van der Waals surface area contributed by atoms with E-state index in [1.807, 2.05) is 0 Å². The van der Waals surface area contributed by atoms with E-state index in [2.05, 4.69) is 5.32 Å². The van der Waals surface area contributed by atoms with E-state index in [-0.39, 0.29) is 11.7 Å². The van der Waals surface area contributed by atoms with Crippen molar-refractivity contribution in [2.45, 2.75) is 6.54 Å². The van der Waals surface area contributed by atoms with E-state index in [9.17, 15) is 9.90 Å². The lowest BCUT2D eigenvalue weighted by atomic mass is 10.2. The van der Waals surface area contributed by atoms with Gasteiger partial charge in [-0.3, -0.25) is 4.79 Å². The van der Waals surface area contributed by atoms with Crippen LogP contribution in [0.4, 0.5) is 0 Å². The van der Waals surface area contributed by atoms with Crippen LogP contribution in [0.15, 0.2) is 42.5 Å². The van der Waals surface area contributed by atoms with Gasteiger partial charge in [0.05, 0.1) is 10.6 Å². The van der Waals surface area contributed by atoms with Crippen LogP contribution in [0, 0.1) is 0 Å². The molecule has 0 aromatic heterocycles. The fourth-order valence-electron chi connectivity index (χ4n) is 1.62. The van der Waals surface area contributed by atoms with Crippen LogP contribution >= 0.6 is 23.2 Å². The predicted molar refractivity (Wildman–Crippen MR) is 75.7 cm³/mol. The first-order chi connectivity index (χ1) is 9.06. The van der Waals surface area contributed by atoms with Crippen molar-refractivity contribution in [1.82, 2.24) is 5.32 Å². The monoisotopic (exact) mass is 295 g/mol. The first-order valence-corrected chi connectivity index (χ1v) is 6.33. The second kappa shape index (κ2) is 5.95. The molecule has 0 fully saturated rings. The van der Waals surface area contributed by atoms with Crippen LogP contribution in [0.5, 0.6) is 5.75 Å². The lowest BCUT2D eigenvalue weighted by Gasteiger charge is -2.07. The summed E-state index contributed by atoms with van der Waals surface area (Å²) >= 11 is 11.8. The maximum absolute atomic E-state index is 12.0. The average molecular weight is 296 g/mol. The zero-order chi connectivity index (χ0) is 13.8. The molecule has 0 saturated carbocycles. The summed E-state index contributed by atoms with van der Waals surface area (Å²) in [5, 5.41) is 12.8. The fourth-order valence-corrected chi connectivity index (χ4v) is 1.99. The molecular formula is C14H11Cl2NO2. The van der Waals surface area contributed by atoms with Gasteiger partial charge in [0.1, 0.15) is 5.75 Å². The molecule has 0 unspecified atom stereocenters. The number of carbonyl (C=O) groups excluding carboxylic acids is 1. The summed E-state index contributed by atoms with van der Waals surface area (Å²) in [6.45, 7) is 0.302. The van der Waals surface area contributed by atoms with E-state index in [4.69, 9.17) is 23.2 Å². The normalized spacial score (nSPS) is 10.2. The number of carbonyl (C=O) groups is 1. The number of nitrogens with one attached hydrogen (secondary N) is 1. The number of hydrogen-bond acceptors (Lipinski definition) is 2. The molecule has 0 bridgehead atoms. The molecule has 1 amide bonds. The number of amides is 1.